The van der Waals surface area contributed by atoms with Gasteiger partial charge in [-0.3, -0.25) is 48.0 Å². The monoisotopic (exact) mass is 1240 g/mol. The maximum Gasteiger partial charge on any atom is 0.249 e. The molecule has 0 saturated carbocycles. The van der Waals surface area contributed by atoms with Gasteiger partial charge in [-0.15, -0.1) is 0 Å². The van der Waals surface area contributed by atoms with Crippen LogP contribution in [0.3, 0.4) is 0 Å². The molecule has 12 rings (SSSR count). The highest BCUT2D eigenvalue weighted by Crippen LogP contribution is 2.33. The van der Waals surface area contributed by atoms with E-state index in [0.717, 1.165) is 122 Å². The number of likely N-dealkylation sites (tertiary alicyclic amines) is 3. The van der Waals surface area contributed by atoms with E-state index in [1.165, 1.54) is 74.5 Å². The summed E-state index contributed by atoms with van der Waals surface area (Å²) in [7, 11) is -4.76. The fraction of sp³-hybridized carbons (Fsp3) is 0.500. The van der Waals surface area contributed by atoms with Gasteiger partial charge in [-0.25, -0.2) is 38.3 Å². The third-order valence-corrected chi connectivity index (χ3v) is 20.4. The smallest absolute Gasteiger partial charge is 0.249 e. The summed E-state index contributed by atoms with van der Waals surface area (Å²) in [5.74, 6) is 3.50. The summed E-state index contributed by atoms with van der Waals surface area (Å²) in [6, 6.07) is 25.4. The van der Waals surface area contributed by atoms with E-state index in [4.69, 9.17) is 4.98 Å². The zero-order chi connectivity index (χ0) is 60.7. The number of aromatic nitrogens is 6. The Morgan fingerprint density at radius 1 is 0.483 bits per heavy atom. The van der Waals surface area contributed by atoms with Crippen LogP contribution < -0.4 is 14.7 Å². The lowest BCUT2D eigenvalue weighted by Gasteiger charge is -2.19. The van der Waals surface area contributed by atoms with Gasteiger partial charge in [-0.2, -0.15) is 0 Å². The Hall–Kier alpha value is -6.36. The first-order valence-electron chi connectivity index (χ1n) is 31.5. The van der Waals surface area contributed by atoms with Gasteiger partial charge in [0.15, 0.2) is 5.16 Å². The van der Waals surface area contributed by atoms with Crippen LogP contribution in [0.25, 0.3) is 0 Å². The average Bonchev–Trinajstić information content (AvgIpc) is 2.38. The molecule has 0 radical (unpaired) electrons. The summed E-state index contributed by atoms with van der Waals surface area (Å²) in [5.41, 5.74) is 9.55. The predicted octanol–water partition coefficient (Wildman–Crippen LogP) is 9.86. The van der Waals surface area contributed by atoms with Gasteiger partial charge in [0, 0.05) is 66.4 Å². The number of sulfone groups is 1. The summed E-state index contributed by atoms with van der Waals surface area (Å²) in [4.78, 5) is 76.7. The van der Waals surface area contributed by atoms with Crippen LogP contribution in [0.2, 0.25) is 0 Å². The Morgan fingerprint density at radius 3 is 1.31 bits per heavy atom. The summed E-state index contributed by atoms with van der Waals surface area (Å²) >= 11 is 1.68. The van der Waals surface area contributed by atoms with E-state index in [9.17, 15) is 27.0 Å². The number of rotatable bonds is 24. The molecule has 18 nitrogen and oxygen atoms in total. The Bertz CT molecular complexity index is 3500. The number of hydrogen-bond acceptors (Lipinski definition) is 16. The van der Waals surface area contributed by atoms with Crippen molar-refractivity contribution < 1.29 is 27.0 Å². The van der Waals surface area contributed by atoms with Crippen molar-refractivity contribution >= 4 is 67.6 Å². The molecule has 3 aromatic heterocycles. The van der Waals surface area contributed by atoms with E-state index in [2.05, 4.69) is 114 Å². The Kier molecular flexibility index (Phi) is 22.5. The number of thioether (sulfide) groups is 1. The minimum absolute atomic E-state index is 0.0226. The number of amides is 3. The lowest BCUT2D eigenvalue weighted by atomic mass is 10.1. The van der Waals surface area contributed by atoms with Crippen LogP contribution in [0, 0.1) is 0 Å². The molecule has 0 spiro atoms. The largest absolute Gasteiger partial charge is 0.299 e. The molecule has 6 aliphatic heterocycles. The molecule has 87 heavy (non-hydrogen) atoms. The summed E-state index contributed by atoms with van der Waals surface area (Å²) in [6.07, 6.45) is 19.1. The van der Waals surface area contributed by atoms with E-state index in [-0.39, 0.29) is 35.1 Å². The maximum atomic E-state index is 12.6. The van der Waals surface area contributed by atoms with Crippen molar-refractivity contribution in [3.05, 3.63) is 141 Å². The average molecular weight is 1240 g/mol. The highest BCUT2D eigenvalue weighted by Gasteiger charge is 2.34. The number of carbonyl (C=O) groups is 3. The first-order valence-corrected chi connectivity index (χ1v) is 35.4. The van der Waals surface area contributed by atoms with Gasteiger partial charge >= 0.3 is 0 Å². The van der Waals surface area contributed by atoms with Crippen molar-refractivity contribution in [2.24, 2.45) is 0 Å². The van der Waals surface area contributed by atoms with Crippen molar-refractivity contribution in [3.8, 4) is 0 Å². The molecule has 3 amide bonds. The Labute approximate surface area is 520 Å². The minimum Gasteiger partial charge on any atom is -0.299 e. The fourth-order valence-corrected chi connectivity index (χ4v) is 15.2. The molecule has 6 aliphatic rings. The number of fused-ring (bicyclic) bond motifs is 3. The minimum atomic E-state index is -3.54. The summed E-state index contributed by atoms with van der Waals surface area (Å²) in [5, 5.41) is 0.923. The molecule has 3 aromatic carbocycles. The normalized spacial score (nSPS) is 17.1. The van der Waals surface area contributed by atoms with Gasteiger partial charge in [0.05, 0.1) is 55.4 Å². The topological polar surface area (TPSA) is 199 Å². The molecule has 1 atom stereocenters. The van der Waals surface area contributed by atoms with Crippen LogP contribution in [0.1, 0.15) is 148 Å². The van der Waals surface area contributed by atoms with Gasteiger partial charge in [0.25, 0.3) is 0 Å². The molecule has 3 fully saturated rings. The van der Waals surface area contributed by atoms with Gasteiger partial charge in [0.2, 0.25) is 37.9 Å². The Balaban J connectivity index is 0.000000145. The fourth-order valence-electron chi connectivity index (χ4n) is 11.9. The number of unbranched alkanes of at least 4 members (excludes halogenated alkanes) is 3. The standard InChI is InChI=1S/C22H28N4O3S.C22H28N4O2S.C22H28N4OS/c1-2-3-11-30(28,29)22-23-14-19-13-20(27)26(21(19)24-22)16-18-8-6-7-17(12-18)15-25-9-4-5-10-25;1-2-3-11-29(28)22-23-14-19-13-20(27)26(21(19)24-22)16-18-8-6-7-17(12-18)15-25-9-4-5-10-25;1-2-3-11-28-22-23-14-19-13-20(27)26(21(19)24-22)16-18-8-6-7-17(12-18)15-25-9-4-5-10-25/h6-8,12,14H,2-5,9-11,13,15-16H2,1H3;6-8,12,14H,2-5,9-11,13,15-16H2,1H3;6-8,12,14H,2-5,9-11,13,15-16H2,1H3. The van der Waals surface area contributed by atoms with E-state index >= 15 is 0 Å². The number of benzene rings is 3. The van der Waals surface area contributed by atoms with Crippen molar-refractivity contribution in [1.29, 1.82) is 0 Å². The van der Waals surface area contributed by atoms with Crippen molar-refractivity contribution in [1.82, 2.24) is 44.6 Å². The summed E-state index contributed by atoms with van der Waals surface area (Å²) in [6.45, 7) is 17.5. The van der Waals surface area contributed by atoms with Crippen LogP contribution in [0.5, 0.6) is 0 Å². The highest BCUT2D eigenvalue weighted by molar-refractivity contribution is 7.99. The SMILES string of the molecule is CCCCS(=O)(=O)c1ncc2c(n1)N(Cc1cccc(CN3CCCC3)c1)C(=O)C2.CCCCS(=O)c1ncc2c(n1)N(Cc1cccc(CN3CCCC3)c1)C(=O)C2.CCCCSc1ncc2c(n1)N(Cc1cccc(CN3CCCC3)c1)C(=O)C2. The van der Waals surface area contributed by atoms with E-state index in [1.807, 2.05) is 30.2 Å². The second-order valence-electron chi connectivity index (χ2n) is 23.7. The second kappa shape index (κ2) is 30.7. The molecule has 1 unspecified atom stereocenters. The van der Waals surface area contributed by atoms with Crippen molar-refractivity contribution in [2.45, 2.75) is 172 Å². The Morgan fingerprint density at radius 2 is 0.874 bits per heavy atom. The first kappa shape index (κ1) is 63.7. The van der Waals surface area contributed by atoms with Crippen LogP contribution >= 0.6 is 11.8 Å². The van der Waals surface area contributed by atoms with Gasteiger partial charge in [0.1, 0.15) is 17.5 Å². The molecular weight excluding hydrogens is 1150 g/mol. The highest BCUT2D eigenvalue weighted by atomic mass is 32.2. The maximum absolute atomic E-state index is 12.6. The van der Waals surface area contributed by atoms with E-state index in [0.29, 0.717) is 67.0 Å². The number of hydrogen-bond donors (Lipinski definition) is 0. The van der Waals surface area contributed by atoms with Gasteiger partial charge in [-0.1, -0.05) is 125 Å². The number of carbonyl (C=O) groups excluding carboxylic acids is 3. The number of nitrogens with zero attached hydrogens (tertiary/aromatic N) is 12. The first-order chi connectivity index (χ1) is 42.3. The van der Waals surface area contributed by atoms with Crippen LogP contribution in [-0.4, -0.2) is 131 Å². The molecule has 9 heterocycles. The molecule has 21 heteroatoms. The van der Waals surface area contributed by atoms with E-state index in [1.54, 1.807) is 27.8 Å². The van der Waals surface area contributed by atoms with Gasteiger partial charge < -0.3 is 0 Å². The summed E-state index contributed by atoms with van der Waals surface area (Å²) < 4.78 is 37.5. The molecule has 0 bridgehead atoms. The second-order valence-corrected chi connectivity index (χ2v) is 28.2. The molecule has 0 aliphatic carbocycles. The lowest BCUT2D eigenvalue weighted by molar-refractivity contribution is -0.118. The third-order valence-electron chi connectivity index (χ3n) is 16.6. The third kappa shape index (κ3) is 17.1. The molecule has 462 valence electrons. The molecular formula is C66H84N12O6S3. The van der Waals surface area contributed by atoms with Crippen molar-refractivity contribution in [2.75, 3.05) is 71.2 Å². The molecule has 3 saturated heterocycles. The zero-order valence-electron chi connectivity index (χ0n) is 50.9. The number of anilines is 3. The van der Waals surface area contributed by atoms with Gasteiger partial charge in [-0.05, 0) is 130 Å². The van der Waals surface area contributed by atoms with Crippen LogP contribution in [-0.2, 0) is 93.6 Å². The van der Waals surface area contributed by atoms with E-state index < -0.39 is 20.6 Å². The quantitative estimate of drug-likeness (QED) is 0.0315. The predicted molar refractivity (Wildman–Crippen MR) is 342 cm³/mol. The zero-order valence-corrected chi connectivity index (χ0v) is 53.4. The van der Waals surface area contributed by atoms with Crippen LogP contribution in [0.4, 0.5) is 17.5 Å². The van der Waals surface area contributed by atoms with Crippen molar-refractivity contribution in [3.63, 3.8) is 0 Å². The lowest BCUT2D eigenvalue weighted by Crippen LogP contribution is -2.27. The van der Waals surface area contributed by atoms with Crippen LogP contribution in [0.15, 0.2) is 107 Å². The molecule has 0 N–H and O–H groups in total. The molecule has 6 aromatic rings.